The highest BCUT2D eigenvalue weighted by Crippen LogP contribution is 2.28. The molecule has 2 N–H and O–H groups in total. The number of likely N-dealkylation sites (tertiary alicyclic amines) is 1. The first-order chi connectivity index (χ1) is 11.6. The summed E-state index contributed by atoms with van der Waals surface area (Å²) in [4.78, 5) is 28.9. The van der Waals surface area contributed by atoms with Crippen molar-refractivity contribution in [3.63, 3.8) is 0 Å². The van der Waals surface area contributed by atoms with E-state index in [9.17, 15) is 14.7 Å². The van der Waals surface area contributed by atoms with Crippen LogP contribution in [0.4, 0.5) is 0 Å². The van der Waals surface area contributed by atoms with Gasteiger partial charge in [0.1, 0.15) is 5.75 Å². The summed E-state index contributed by atoms with van der Waals surface area (Å²) >= 11 is 1.19. The van der Waals surface area contributed by atoms with Crippen LogP contribution in [0.5, 0.6) is 5.75 Å². The Balaban J connectivity index is 1.81. The van der Waals surface area contributed by atoms with Crippen molar-refractivity contribution in [2.24, 2.45) is 5.92 Å². The van der Waals surface area contributed by atoms with Crippen LogP contribution in [-0.2, 0) is 11.3 Å². The van der Waals surface area contributed by atoms with E-state index in [4.69, 9.17) is 4.74 Å². The molecular formula is C17H20N2O4S. The average Bonchev–Trinajstić information content (AvgIpc) is 2.95. The van der Waals surface area contributed by atoms with Crippen molar-refractivity contribution in [1.82, 2.24) is 9.88 Å². The monoisotopic (exact) mass is 348 g/mol. The van der Waals surface area contributed by atoms with E-state index < -0.39 is 5.97 Å². The number of nitrogens with one attached hydrogen (secondary N) is 1. The van der Waals surface area contributed by atoms with Crippen LogP contribution in [-0.4, -0.2) is 41.2 Å². The van der Waals surface area contributed by atoms with Gasteiger partial charge in [-0.25, -0.2) is 0 Å². The maximum atomic E-state index is 11.8. The van der Waals surface area contributed by atoms with Crippen molar-refractivity contribution in [1.29, 1.82) is 0 Å². The molecule has 0 bridgehead atoms. The lowest BCUT2D eigenvalue weighted by molar-refractivity contribution is -0.143. The lowest BCUT2D eigenvalue weighted by atomic mass is 9.98. The number of benzene rings is 1. The second-order valence-corrected chi connectivity index (χ2v) is 7.02. The first kappa shape index (κ1) is 16.7. The molecule has 2 heterocycles. The van der Waals surface area contributed by atoms with Gasteiger partial charge >= 0.3 is 10.8 Å². The molecule has 1 fully saturated rings. The number of rotatable bonds is 5. The predicted molar refractivity (Wildman–Crippen MR) is 92.6 cm³/mol. The first-order valence-corrected chi connectivity index (χ1v) is 8.70. The van der Waals surface area contributed by atoms with Gasteiger partial charge in [0.15, 0.2) is 0 Å². The van der Waals surface area contributed by atoms with E-state index in [1.54, 1.807) is 7.11 Å². The van der Waals surface area contributed by atoms with E-state index >= 15 is 0 Å². The van der Waals surface area contributed by atoms with Gasteiger partial charge in [-0.2, -0.15) is 0 Å². The van der Waals surface area contributed by atoms with Crippen molar-refractivity contribution in [3.05, 3.63) is 38.8 Å². The van der Waals surface area contributed by atoms with Gasteiger partial charge in [0.25, 0.3) is 0 Å². The third-order valence-corrected chi connectivity index (χ3v) is 5.19. The molecule has 128 valence electrons. The number of carbonyl (C=O) groups is 1. The highest BCUT2D eigenvalue weighted by atomic mass is 32.1. The maximum absolute atomic E-state index is 11.8. The molecule has 7 heteroatoms. The predicted octanol–water partition coefficient (Wildman–Crippen LogP) is 2.41. The number of nitrogens with zero attached hydrogens (tertiary/aromatic N) is 1. The SMILES string of the molecule is COc1ccc(-c2[nH]c(=O)sc2CN2CCCC(C(=O)O)C2)cc1. The second-order valence-electron chi connectivity index (χ2n) is 5.95. The number of piperidine rings is 1. The topological polar surface area (TPSA) is 82.6 Å². The lowest BCUT2D eigenvalue weighted by Gasteiger charge is -2.30. The minimum atomic E-state index is -0.739. The second kappa shape index (κ2) is 7.19. The fraction of sp³-hybridized carbons (Fsp3) is 0.412. The molecule has 1 aliphatic heterocycles. The van der Waals surface area contributed by atoms with Crippen molar-refractivity contribution < 1.29 is 14.6 Å². The van der Waals surface area contributed by atoms with Gasteiger partial charge in [-0.3, -0.25) is 14.5 Å². The molecule has 24 heavy (non-hydrogen) atoms. The van der Waals surface area contributed by atoms with Crippen LogP contribution in [0.1, 0.15) is 17.7 Å². The number of carboxylic acid groups (broad SMARTS) is 1. The molecular weight excluding hydrogens is 328 g/mol. The minimum Gasteiger partial charge on any atom is -0.497 e. The normalized spacial score (nSPS) is 18.5. The average molecular weight is 348 g/mol. The van der Waals surface area contributed by atoms with Crippen molar-refractivity contribution in [2.75, 3.05) is 20.2 Å². The van der Waals surface area contributed by atoms with Crippen LogP contribution in [0.15, 0.2) is 29.1 Å². The number of thiazole rings is 1. The first-order valence-electron chi connectivity index (χ1n) is 7.88. The van der Waals surface area contributed by atoms with Crippen molar-refractivity contribution in [3.8, 4) is 17.0 Å². The molecule has 1 saturated heterocycles. The number of methoxy groups -OCH3 is 1. The smallest absolute Gasteiger partial charge is 0.307 e. The number of hydrogen-bond donors (Lipinski definition) is 2. The fourth-order valence-electron chi connectivity index (χ4n) is 3.07. The maximum Gasteiger partial charge on any atom is 0.307 e. The summed E-state index contributed by atoms with van der Waals surface area (Å²) < 4.78 is 5.16. The van der Waals surface area contributed by atoms with E-state index in [1.807, 2.05) is 24.3 Å². The summed E-state index contributed by atoms with van der Waals surface area (Å²) in [6.45, 7) is 1.98. The molecule has 2 aromatic rings. The zero-order valence-corrected chi connectivity index (χ0v) is 14.3. The number of hydrogen-bond acceptors (Lipinski definition) is 5. The highest BCUT2D eigenvalue weighted by Gasteiger charge is 2.26. The Labute approximate surface area is 143 Å². The van der Waals surface area contributed by atoms with E-state index in [2.05, 4.69) is 9.88 Å². The van der Waals surface area contributed by atoms with Gasteiger partial charge in [0.2, 0.25) is 0 Å². The molecule has 1 aliphatic rings. The Kier molecular flexibility index (Phi) is 5.01. The fourth-order valence-corrected chi connectivity index (χ4v) is 3.96. The molecule has 0 radical (unpaired) electrons. The van der Waals surface area contributed by atoms with Crippen LogP contribution < -0.4 is 9.61 Å². The van der Waals surface area contributed by atoms with Crippen LogP contribution in [0.2, 0.25) is 0 Å². The number of aromatic nitrogens is 1. The van der Waals surface area contributed by atoms with Gasteiger partial charge < -0.3 is 14.8 Å². The Morgan fingerprint density at radius 2 is 2.17 bits per heavy atom. The summed E-state index contributed by atoms with van der Waals surface area (Å²) in [5, 5.41) is 9.22. The molecule has 1 aromatic carbocycles. The Bertz CT molecular complexity index is 766. The summed E-state index contributed by atoms with van der Waals surface area (Å²) in [5.41, 5.74) is 1.74. The molecule has 1 atom stereocenters. The van der Waals surface area contributed by atoms with Crippen LogP contribution in [0, 0.1) is 5.92 Å². The molecule has 6 nitrogen and oxygen atoms in total. The summed E-state index contributed by atoms with van der Waals surface area (Å²) in [6, 6.07) is 7.54. The highest BCUT2D eigenvalue weighted by molar-refractivity contribution is 7.09. The quantitative estimate of drug-likeness (QED) is 0.867. The Hall–Kier alpha value is -2.12. The number of aliphatic carboxylic acids is 1. The van der Waals surface area contributed by atoms with Gasteiger partial charge in [0.05, 0.1) is 18.7 Å². The van der Waals surface area contributed by atoms with Crippen molar-refractivity contribution >= 4 is 17.3 Å². The molecule has 0 amide bonds. The number of H-pyrrole nitrogens is 1. The van der Waals surface area contributed by atoms with E-state index in [-0.39, 0.29) is 10.8 Å². The zero-order valence-electron chi connectivity index (χ0n) is 13.4. The molecule has 1 aromatic heterocycles. The Morgan fingerprint density at radius 3 is 2.83 bits per heavy atom. The summed E-state index contributed by atoms with van der Waals surface area (Å²) in [6.07, 6.45) is 1.59. The van der Waals surface area contributed by atoms with Gasteiger partial charge in [0, 0.05) is 18.0 Å². The Morgan fingerprint density at radius 1 is 1.42 bits per heavy atom. The standard InChI is InChI=1S/C17H20N2O4S/c1-23-13-6-4-11(5-7-13)15-14(24-17(22)18-15)10-19-8-2-3-12(9-19)16(20)21/h4-7,12H,2-3,8-10H2,1H3,(H,18,22)(H,20,21). The van der Waals surface area contributed by atoms with Crippen LogP contribution in [0.25, 0.3) is 11.3 Å². The third kappa shape index (κ3) is 3.68. The van der Waals surface area contributed by atoms with E-state index in [1.165, 1.54) is 11.3 Å². The molecule has 0 spiro atoms. The van der Waals surface area contributed by atoms with Gasteiger partial charge in [-0.15, -0.1) is 0 Å². The van der Waals surface area contributed by atoms with Crippen LogP contribution in [0.3, 0.4) is 0 Å². The number of carboxylic acids is 1. The molecule has 1 unspecified atom stereocenters. The van der Waals surface area contributed by atoms with Gasteiger partial charge in [-0.1, -0.05) is 11.3 Å². The van der Waals surface area contributed by atoms with Gasteiger partial charge in [-0.05, 0) is 49.2 Å². The minimum absolute atomic E-state index is 0.0948. The molecule has 3 rings (SSSR count). The lowest BCUT2D eigenvalue weighted by Crippen LogP contribution is -2.38. The van der Waals surface area contributed by atoms with Crippen molar-refractivity contribution in [2.45, 2.75) is 19.4 Å². The summed E-state index contributed by atoms with van der Waals surface area (Å²) in [7, 11) is 1.61. The largest absolute Gasteiger partial charge is 0.497 e. The zero-order chi connectivity index (χ0) is 17.1. The molecule has 0 aliphatic carbocycles. The third-order valence-electron chi connectivity index (χ3n) is 4.32. The number of aromatic amines is 1. The summed E-state index contributed by atoms with van der Waals surface area (Å²) in [5.74, 6) is -0.297. The van der Waals surface area contributed by atoms with E-state index in [0.717, 1.165) is 41.3 Å². The van der Waals surface area contributed by atoms with E-state index in [0.29, 0.717) is 13.1 Å². The van der Waals surface area contributed by atoms with Crippen LogP contribution >= 0.6 is 11.3 Å². The number of ether oxygens (including phenoxy) is 1. The molecule has 0 saturated carbocycles.